The van der Waals surface area contributed by atoms with Gasteiger partial charge in [0.2, 0.25) is 0 Å². The highest BCUT2D eigenvalue weighted by Gasteiger charge is 2.19. The summed E-state index contributed by atoms with van der Waals surface area (Å²) >= 11 is 0. The molecule has 0 saturated carbocycles. The predicted molar refractivity (Wildman–Crippen MR) is 54.9 cm³/mol. The van der Waals surface area contributed by atoms with Gasteiger partial charge in [-0.3, -0.25) is 0 Å². The zero-order valence-electron chi connectivity index (χ0n) is 7.86. The average Bonchev–Trinajstić information content (AvgIpc) is 2.15. The van der Waals surface area contributed by atoms with Gasteiger partial charge in [-0.2, -0.15) is 0 Å². The maximum atomic E-state index is 9.68. The molecule has 0 fully saturated rings. The van der Waals surface area contributed by atoms with Crippen LogP contribution in [0.25, 0.3) is 5.76 Å². The number of fused-ring (bicyclic) bond motifs is 1. The van der Waals surface area contributed by atoms with Gasteiger partial charge in [-0.05, 0) is 25.1 Å². The number of aliphatic hydroxyl groups excluding tert-OH is 1. The van der Waals surface area contributed by atoms with Crippen LogP contribution in [-0.4, -0.2) is 18.2 Å². The average molecular weight is 175 g/mol. The molecule has 0 radical (unpaired) electrons. The van der Waals surface area contributed by atoms with E-state index in [1.165, 1.54) is 0 Å². The molecule has 0 aromatic heterocycles. The van der Waals surface area contributed by atoms with Crippen LogP contribution in [0.4, 0.5) is 5.69 Å². The molecule has 1 N–H and O–H groups in total. The summed E-state index contributed by atoms with van der Waals surface area (Å²) in [6, 6.07) is 8.14. The third-order valence-corrected chi connectivity index (χ3v) is 2.57. The Morgan fingerprint density at radius 1 is 1.31 bits per heavy atom. The van der Waals surface area contributed by atoms with Gasteiger partial charge < -0.3 is 10.0 Å². The molecule has 1 atom stereocenters. The highest BCUT2D eigenvalue weighted by atomic mass is 16.3. The molecule has 0 spiro atoms. The molecule has 0 amide bonds. The second-order valence-electron chi connectivity index (χ2n) is 3.42. The monoisotopic (exact) mass is 175 g/mol. The zero-order chi connectivity index (χ0) is 9.42. The highest BCUT2D eigenvalue weighted by molar-refractivity contribution is 5.76. The number of para-hydroxylation sites is 1. The number of rotatable bonds is 0. The summed E-state index contributed by atoms with van der Waals surface area (Å²) in [5.74, 6) is 0.390. The van der Waals surface area contributed by atoms with Gasteiger partial charge in [0.05, 0.1) is 0 Å². The number of anilines is 1. The molecular weight excluding hydrogens is 162 g/mol. The first-order valence-corrected chi connectivity index (χ1v) is 4.43. The Bertz CT molecular complexity index is 357. The summed E-state index contributed by atoms with van der Waals surface area (Å²) in [5, 5.41) is 9.68. The van der Waals surface area contributed by atoms with Crippen LogP contribution in [0, 0.1) is 0 Å². The molecule has 1 aliphatic rings. The topological polar surface area (TPSA) is 23.5 Å². The minimum atomic E-state index is 0.259. The van der Waals surface area contributed by atoms with Gasteiger partial charge in [0, 0.05) is 24.3 Å². The SMILES string of the molecule is CC1C=C(O)c2ccccc2N1C. The van der Waals surface area contributed by atoms with Gasteiger partial charge in [0.25, 0.3) is 0 Å². The maximum absolute atomic E-state index is 9.68. The normalized spacial score (nSPS) is 20.9. The lowest BCUT2D eigenvalue weighted by Crippen LogP contribution is -2.30. The van der Waals surface area contributed by atoms with Crippen LogP contribution in [0.15, 0.2) is 30.3 Å². The Morgan fingerprint density at radius 3 is 2.77 bits per heavy atom. The lowest BCUT2D eigenvalue weighted by atomic mass is 10.0. The zero-order valence-corrected chi connectivity index (χ0v) is 7.86. The standard InChI is InChI=1S/C11H13NO/c1-8-7-11(13)9-5-3-4-6-10(9)12(8)2/h3-8,13H,1-2H3. The van der Waals surface area contributed by atoms with E-state index in [1.54, 1.807) is 0 Å². The van der Waals surface area contributed by atoms with E-state index in [2.05, 4.69) is 11.8 Å². The minimum absolute atomic E-state index is 0.259. The predicted octanol–water partition coefficient (Wildman–Crippen LogP) is 2.42. The maximum Gasteiger partial charge on any atom is 0.122 e. The molecule has 0 saturated heterocycles. The number of aliphatic hydroxyl groups is 1. The van der Waals surface area contributed by atoms with Crippen molar-refractivity contribution in [2.24, 2.45) is 0 Å². The second kappa shape index (κ2) is 2.80. The van der Waals surface area contributed by atoms with Gasteiger partial charge in [-0.15, -0.1) is 0 Å². The summed E-state index contributed by atoms with van der Waals surface area (Å²) in [7, 11) is 2.03. The minimum Gasteiger partial charge on any atom is -0.508 e. The first-order valence-electron chi connectivity index (χ1n) is 4.43. The molecule has 2 rings (SSSR count). The van der Waals surface area contributed by atoms with Crippen LogP contribution in [0.5, 0.6) is 0 Å². The van der Waals surface area contributed by atoms with Gasteiger partial charge in [-0.1, -0.05) is 12.1 Å². The van der Waals surface area contributed by atoms with E-state index in [0.29, 0.717) is 5.76 Å². The van der Waals surface area contributed by atoms with E-state index in [4.69, 9.17) is 0 Å². The summed E-state index contributed by atoms with van der Waals surface area (Å²) < 4.78 is 0. The van der Waals surface area contributed by atoms with Crippen LogP contribution < -0.4 is 4.90 Å². The third kappa shape index (κ3) is 1.18. The highest BCUT2D eigenvalue weighted by Crippen LogP contribution is 2.31. The van der Waals surface area contributed by atoms with Crippen LogP contribution >= 0.6 is 0 Å². The number of hydrogen-bond donors (Lipinski definition) is 1. The summed E-state index contributed by atoms with van der Waals surface area (Å²) in [6.07, 6.45) is 1.86. The van der Waals surface area contributed by atoms with Crippen molar-refractivity contribution in [1.82, 2.24) is 0 Å². The van der Waals surface area contributed by atoms with E-state index >= 15 is 0 Å². The fraction of sp³-hybridized carbons (Fsp3) is 0.273. The largest absolute Gasteiger partial charge is 0.508 e. The smallest absolute Gasteiger partial charge is 0.122 e. The Labute approximate surface area is 78.1 Å². The van der Waals surface area contributed by atoms with E-state index in [1.807, 2.05) is 37.4 Å². The van der Waals surface area contributed by atoms with Crippen LogP contribution in [-0.2, 0) is 0 Å². The van der Waals surface area contributed by atoms with Crippen molar-refractivity contribution in [3.63, 3.8) is 0 Å². The van der Waals surface area contributed by atoms with Gasteiger partial charge in [-0.25, -0.2) is 0 Å². The fourth-order valence-corrected chi connectivity index (χ4v) is 1.65. The Morgan fingerprint density at radius 2 is 2.00 bits per heavy atom. The first-order chi connectivity index (χ1) is 6.20. The van der Waals surface area contributed by atoms with E-state index in [-0.39, 0.29) is 6.04 Å². The quantitative estimate of drug-likeness (QED) is 0.654. The molecule has 1 aromatic rings. The summed E-state index contributed by atoms with van der Waals surface area (Å²) in [4.78, 5) is 2.15. The van der Waals surface area contributed by atoms with Crippen molar-refractivity contribution >= 4 is 11.4 Å². The summed E-state index contributed by atoms with van der Waals surface area (Å²) in [6.45, 7) is 2.06. The van der Waals surface area contributed by atoms with Crippen molar-refractivity contribution in [3.05, 3.63) is 35.9 Å². The Kier molecular flexibility index (Phi) is 1.76. The van der Waals surface area contributed by atoms with Crippen LogP contribution in [0.2, 0.25) is 0 Å². The molecule has 1 unspecified atom stereocenters. The molecule has 2 heteroatoms. The molecule has 1 aliphatic heterocycles. The van der Waals surface area contributed by atoms with E-state index in [0.717, 1.165) is 11.3 Å². The van der Waals surface area contributed by atoms with Crippen LogP contribution in [0.1, 0.15) is 12.5 Å². The third-order valence-electron chi connectivity index (χ3n) is 2.57. The van der Waals surface area contributed by atoms with Crippen LogP contribution in [0.3, 0.4) is 0 Å². The van der Waals surface area contributed by atoms with Gasteiger partial charge in [0.1, 0.15) is 5.76 Å². The van der Waals surface area contributed by atoms with Crippen molar-refractivity contribution in [2.45, 2.75) is 13.0 Å². The van der Waals surface area contributed by atoms with Gasteiger partial charge in [0.15, 0.2) is 0 Å². The fourth-order valence-electron chi connectivity index (χ4n) is 1.65. The van der Waals surface area contributed by atoms with Gasteiger partial charge >= 0.3 is 0 Å². The number of hydrogen-bond acceptors (Lipinski definition) is 2. The molecule has 0 aliphatic carbocycles. The number of nitrogens with zero attached hydrogens (tertiary/aromatic N) is 1. The Hall–Kier alpha value is -1.44. The molecule has 13 heavy (non-hydrogen) atoms. The van der Waals surface area contributed by atoms with E-state index in [9.17, 15) is 5.11 Å². The Balaban J connectivity index is 2.58. The second-order valence-corrected chi connectivity index (χ2v) is 3.42. The molecule has 1 aromatic carbocycles. The number of likely N-dealkylation sites (N-methyl/N-ethyl adjacent to an activating group) is 1. The first kappa shape index (κ1) is 8.17. The van der Waals surface area contributed by atoms with Crippen molar-refractivity contribution < 1.29 is 5.11 Å². The molecule has 1 heterocycles. The lowest BCUT2D eigenvalue weighted by Gasteiger charge is -2.30. The number of benzene rings is 1. The summed E-state index contributed by atoms with van der Waals surface area (Å²) in [5.41, 5.74) is 2.01. The molecule has 0 bridgehead atoms. The van der Waals surface area contributed by atoms with E-state index < -0.39 is 0 Å². The molecular formula is C11H13NO. The van der Waals surface area contributed by atoms with Crippen molar-refractivity contribution in [1.29, 1.82) is 0 Å². The molecule has 2 nitrogen and oxygen atoms in total. The van der Waals surface area contributed by atoms with Crippen molar-refractivity contribution in [2.75, 3.05) is 11.9 Å². The van der Waals surface area contributed by atoms with Crippen molar-refractivity contribution in [3.8, 4) is 0 Å². The molecule has 68 valence electrons. The lowest BCUT2D eigenvalue weighted by molar-refractivity contribution is 0.503.